The third kappa shape index (κ3) is 2.63. The number of nitrogens with two attached hydrogens (primary N) is 1. The second kappa shape index (κ2) is 4.70. The normalized spacial score (nSPS) is 11.9. The molecule has 0 amide bonds. The molecular weight excluding hydrogens is 255 g/mol. The third-order valence-corrected chi connectivity index (χ3v) is 2.93. The van der Waals surface area contributed by atoms with Gasteiger partial charge in [-0.2, -0.15) is 13.2 Å². The zero-order valence-corrected chi connectivity index (χ0v) is 10.6. The summed E-state index contributed by atoms with van der Waals surface area (Å²) in [4.78, 5) is 3.67. The molecule has 0 radical (unpaired) electrons. The van der Waals surface area contributed by atoms with Crippen LogP contribution in [-0.2, 0) is 19.8 Å². The molecule has 1 aromatic heterocycles. The summed E-state index contributed by atoms with van der Waals surface area (Å²) >= 11 is 0. The Balaban J connectivity index is 2.51. The zero-order chi connectivity index (χ0) is 14.2. The number of halogens is 3. The van der Waals surface area contributed by atoms with E-state index < -0.39 is 11.9 Å². The van der Waals surface area contributed by atoms with E-state index in [0.29, 0.717) is 17.9 Å². The molecule has 2 aromatic rings. The quantitative estimate of drug-likeness (QED) is 0.911. The Labute approximate surface area is 108 Å². The lowest BCUT2D eigenvalue weighted by molar-refractivity contribution is -0.140. The molecule has 0 saturated carbocycles. The van der Waals surface area contributed by atoms with Crippen molar-refractivity contribution in [3.8, 4) is 11.4 Å². The summed E-state index contributed by atoms with van der Waals surface area (Å²) in [6.45, 7) is 2.23. The summed E-state index contributed by atoms with van der Waals surface area (Å²) in [6.07, 6.45) is -3.44. The summed E-state index contributed by atoms with van der Waals surface area (Å²) in [5.74, 6) is 0.299. The molecule has 0 spiro atoms. The van der Waals surface area contributed by atoms with Gasteiger partial charge in [0.25, 0.3) is 0 Å². The molecule has 2 N–H and O–H groups in total. The fourth-order valence-corrected chi connectivity index (χ4v) is 1.96. The highest BCUT2D eigenvalue weighted by molar-refractivity contribution is 5.61. The summed E-state index contributed by atoms with van der Waals surface area (Å²) < 4.78 is 39.3. The highest BCUT2D eigenvalue weighted by Crippen LogP contribution is 2.31. The number of alkyl halides is 3. The van der Waals surface area contributed by atoms with Gasteiger partial charge in [-0.15, -0.1) is 0 Å². The van der Waals surface area contributed by atoms with Gasteiger partial charge in [-0.1, -0.05) is 18.2 Å². The second-order valence-corrected chi connectivity index (χ2v) is 4.41. The first-order chi connectivity index (χ1) is 8.82. The number of imidazole rings is 1. The number of rotatable bonds is 2. The average molecular weight is 269 g/mol. The van der Waals surface area contributed by atoms with Crippen LogP contribution in [0.3, 0.4) is 0 Å². The lowest BCUT2D eigenvalue weighted by Crippen LogP contribution is -2.05. The average Bonchev–Trinajstić information content (AvgIpc) is 2.71. The van der Waals surface area contributed by atoms with Crippen molar-refractivity contribution in [2.24, 2.45) is 12.8 Å². The van der Waals surface area contributed by atoms with Crippen LogP contribution in [0.15, 0.2) is 24.4 Å². The van der Waals surface area contributed by atoms with Crippen LogP contribution in [-0.4, -0.2) is 9.55 Å². The van der Waals surface area contributed by atoms with Crippen LogP contribution in [0, 0.1) is 6.92 Å². The SMILES string of the molecule is Cc1cc(CN)ccc1-c1nc(C(F)(F)F)cn1C. The van der Waals surface area contributed by atoms with Gasteiger partial charge in [0.15, 0.2) is 5.69 Å². The minimum absolute atomic E-state index is 0.299. The van der Waals surface area contributed by atoms with Crippen LogP contribution in [0.1, 0.15) is 16.8 Å². The Bertz CT molecular complexity index is 600. The molecule has 0 aliphatic carbocycles. The van der Waals surface area contributed by atoms with Gasteiger partial charge < -0.3 is 10.3 Å². The third-order valence-electron chi connectivity index (χ3n) is 2.93. The Morgan fingerprint density at radius 2 is 2.00 bits per heavy atom. The predicted molar refractivity (Wildman–Crippen MR) is 66.3 cm³/mol. The van der Waals surface area contributed by atoms with Gasteiger partial charge in [0.2, 0.25) is 0 Å². The maximum absolute atomic E-state index is 12.6. The largest absolute Gasteiger partial charge is 0.434 e. The van der Waals surface area contributed by atoms with E-state index in [1.807, 2.05) is 13.0 Å². The molecule has 0 aliphatic heterocycles. The number of benzene rings is 1. The Morgan fingerprint density at radius 3 is 2.47 bits per heavy atom. The highest BCUT2D eigenvalue weighted by Gasteiger charge is 2.34. The van der Waals surface area contributed by atoms with E-state index in [2.05, 4.69) is 4.98 Å². The van der Waals surface area contributed by atoms with E-state index in [-0.39, 0.29) is 0 Å². The Hall–Kier alpha value is -1.82. The molecule has 102 valence electrons. The molecule has 0 bridgehead atoms. The summed E-state index contributed by atoms with van der Waals surface area (Å²) in [5, 5.41) is 0. The molecule has 6 heteroatoms. The first kappa shape index (κ1) is 13.6. The minimum Gasteiger partial charge on any atom is -0.333 e. The molecule has 1 aromatic carbocycles. The van der Waals surface area contributed by atoms with Crippen LogP contribution >= 0.6 is 0 Å². The summed E-state index contributed by atoms with van der Waals surface area (Å²) in [7, 11) is 1.55. The molecule has 0 atom stereocenters. The van der Waals surface area contributed by atoms with Gasteiger partial charge >= 0.3 is 6.18 Å². The van der Waals surface area contributed by atoms with Crippen molar-refractivity contribution in [3.63, 3.8) is 0 Å². The van der Waals surface area contributed by atoms with E-state index in [1.165, 1.54) is 4.57 Å². The minimum atomic E-state index is -4.43. The van der Waals surface area contributed by atoms with E-state index in [1.54, 1.807) is 19.2 Å². The standard InChI is InChI=1S/C13H14F3N3/c1-8-5-9(6-17)3-4-10(8)12-18-11(7-19(12)2)13(14,15)16/h3-5,7H,6,17H2,1-2H3. The fourth-order valence-electron chi connectivity index (χ4n) is 1.96. The lowest BCUT2D eigenvalue weighted by atomic mass is 10.0. The van der Waals surface area contributed by atoms with Crippen molar-refractivity contribution in [3.05, 3.63) is 41.2 Å². The van der Waals surface area contributed by atoms with Crippen molar-refractivity contribution in [1.82, 2.24) is 9.55 Å². The fraction of sp³-hybridized carbons (Fsp3) is 0.308. The van der Waals surface area contributed by atoms with Gasteiger partial charge in [0.05, 0.1) is 0 Å². The molecule has 19 heavy (non-hydrogen) atoms. The molecule has 2 rings (SSSR count). The van der Waals surface area contributed by atoms with E-state index in [4.69, 9.17) is 5.73 Å². The van der Waals surface area contributed by atoms with Crippen LogP contribution in [0.4, 0.5) is 13.2 Å². The monoisotopic (exact) mass is 269 g/mol. The van der Waals surface area contributed by atoms with Crippen molar-refractivity contribution < 1.29 is 13.2 Å². The van der Waals surface area contributed by atoms with Crippen molar-refractivity contribution in [2.75, 3.05) is 0 Å². The highest BCUT2D eigenvalue weighted by atomic mass is 19.4. The zero-order valence-electron chi connectivity index (χ0n) is 10.6. The van der Waals surface area contributed by atoms with Gasteiger partial charge in [0, 0.05) is 25.4 Å². The summed E-state index contributed by atoms with van der Waals surface area (Å²) in [5.41, 5.74) is 7.11. The van der Waals surface area contributed by atoms with Gasteiger partial charge in [-0.3, -0.25) is 0 Å². The molecule has 0 unspecified atom stereocenters. The van der Waals surface area contributed by atoms with E-state index in [0.717, 1.165) is 17.3 Å². The number of hydrogen-bond acceptors (Lipinski definition) is 2. The lowest BCUT2D eigenvalue weighted by Gasteiger charge is -2.07. The summed E-state index contributed by atoms with van der Waals surface area (Å²) in [6, 6.07) is 5.40. The molecule has 0 fully saturated rings. The van der Waals surface area contributed by atoms with Crippen LogP contribution in [0.5, 0.6) is 0 Å². The maximum atomic E-state index is 12.6. The van der Waals surface area contributed by atoms with Crippen molar-refractivity contribution in [1.29, 1.82) is 0 Å². The van der Waals surface area contributed by atoms with Gasteiger partial charge in [0.1, 0.15) is 5.82 Å². The molecule has 0 saturated heterocycles. The molecule has 1 heterocycles. The number of aromatic nitrogens is 2. The molecule has 3 nitrogen and oxygen atoms in total. The van der Waals surface area contributed by atoms with Crippen LogP contribution in [0.25, 0.3) is 11.4 Å². The van der Waals surface area contributed by atoms with E-state index >= 15 is 0 Å². The van der Waals surface area contributed by atoms with Crippen LogP contribution in [0.2, 0.25) is 0 Å². The van der Waals surface area contributed by atoms with Crippen LogP contribution < -0.4 is 5.73 Å². The van der Waals surface area contributed by atoms with Crippen molar-refractivity contribution >= 4 is 0 Å². The molecular formula is C13H14F3N3. The predicted octanol–water partition coefficient (Wildman–Crippen LogP) is 2.87. The van der Waals surface area contributed by atoms with Gasteiger partial charge in [-0.25, -0.2) is 4.98 Å². The Morgan fingerprint density at radius 1 is 1.32 bits per heavy atom. The first-order valence-corrected chi connectivity index (χ1v) is 5.73. The van der Waals surface area contributed by atoms with Crippen molar-refractivity contribution in [2.45, 2.75) is 19.6 Å². The molecule has 0 aliphatic rings. The van der Waals surface area contributed by atoms with E-state index in [9.17, 15) is 13.2 Å². The Kier molecular flexibility index (Phi) is 3.36. The number of aryl methyl sites for hydroxylation is 2. The second-order valence-electron chi connectivity index (χ2n) is 4.41. The first-order valence-electron chi connectivity index (χ1n) is 5.73. The van der Waals surface area contributed by atoms with Gasteiger partial charge in [-0.05, 0) is 18.1 Å². The number of nitrogens with zero attached hydrogens (tertiary/aromatic N) is 2. The number of hydrogen-bond donors (Lipinski definition) is 1. The topological polar surface area (TPSA) is 43.8 Å². The maximum Gasteiger partial charge on any atom is 0.434 e. The smallest absolute Gasteiger partial charge is 0.333 e.